The fraction of sp³-hybridized carbons (Fsp3) is 0.0435. The van der Waals surface area contributed by atoms with Gasteiger partial charge < -0.3 is 0 Å². The van der Waals surface area contributed by atoms with Crippen LogP contribution in [0.1, 0.15) is 5.56 Å². The number of thiazole rings is 1. The van der Waals surface area contributed by atoms with Gasteiger partial charge in [0.2, 0.25) is 0 Å². The van der Waals surface area contributed by atoms with E-state index in [2.05, 4.69) is 0 Å². The minimum Gasteiger partial charge on any atom is -0.288 e. The number of hydrogen-bond donors (Lipinski definition) is 0. The van der Waals surface area contributed by atoms with Gasteiger partial charge >= 0.3 is 0 Å². The summed E-state index contributed by atoms with van der Waals surface area (Å²) in [5.74, 6) is -0.667. The first-order valence-corrected chi connectivity index (χ1v) is 10.4. The molecule has 148 valence electrons. The van der Waals surface area contributed by atoms with Gasteiger partial charge in [0, 0.05) is 0 Å². The Labute approximate surface area is 179 Å². The summed E-state index contributed by atoms with van der Waals surface area (Å²) in [6, 6.07) is 19.5. The van der Waals surface area contributed by atoms with Crippen LogP contribution in [0.3, 0.4) is 0 Å². The lowest BCUT2D eigenvalue weighted by Crippen LogP contribution is -2.23. The molecule has 3 aromatic carbocycles. The quantitative estimate of drug-likeness (QED) is 0.323. The van der Waals surface area contributed by atoms with Gasteiger partial charge in [-0.15, -0.1) is 11.3 Å². The lowest BCUT2D eigenvalue weighted by molar-refractivity contribution is 0.626. The molecular formula is C23H14F2N2OS2. The third kappa shape index (κ3) is 3.07. The van der Waals surface area contributed by atoms with Crippen LogP contribution >= 0.6 is 23.6 Å². The first-order chi connectivity index (χ1) is 14.5. The van der Waals surface area contributed by atoms with E-state index in [1.807, 2.05) is 22.6 Å². The Balaban J connectivity index is 1.89. The molecule has 0 bridgehead atoms. The maximum atomic E-state index is 13.5. The van der Waals surface area contributed by atoms with E-state index in [9.17, 15) is 13.6 Å². The fourth-order valence-corrected chi connectivity index (χ4v) is 5.05. The minimum absolute atomic E-state index is 0.161. The van der Waals surface area contributed by atoms with Crippen molar-refractivity contribution in [2.45, 2.75) is 6.54 Å². The minimum atomic E-state index is -0.334. The molecule has 0 atom stereocenters. The first kappa shape index (κ1) is 18.8. The summed E-state index contributed by atoms with van der Waals surface area (Å²) < 4.78 is 31.0. The van der Waals surface area contributed by atoms with Gasteiger partial charge in [0.05, 0.1) is 22.3 Å². The molecule has 0 fully saturated rings. The molecule has 5 rings (SSSR count). The van der Waals surface area contributed by atoms with Crippen molar-refractivity contribution in [3.8, 4) is 10.4 Å². The molecule has 0 aliphatic carbocycles. The Kier molecular flexibility index (Phi) is 4.56. The van der Waals surface area contributed by atoms with Crippen LogP contribution in [-0.4, -0.2) is 8.97 Å². The van der Waals surface area contributed by atoms with Crippen LogP contribution in [0, 0.1) is 15.6 Å². The normalized spacial score (nSPS) is 11.4. The molecule has 0 aliphatic heterocycles. The van der Waals surface area contributed by atoms with Gasteiger partial charge in [0.25, 0.3) is 5.56 Å². The monoisotopic (exact) mass is 436 g/mol. The van der Waals surface area contributed by atoms with Crippen molar-refractivity contribution < 1.29 is 8.78 Å². The average molecular weight is 437 g/mol. The maximum Gasteiger partial charge on any atom is 0.261 e. The van der Waals surface area contributed by atoms with E-state index < -0.39 is 0 Å². The lowest BCUT2D eigenvalue weighted by Gasteiger charge is -2.13. The van der Waals surface area contributed by atoms with Crippen molar-refractivity contribution in [3.05, 3.63) is 104 Å². The maximum absolute atomic E-state index is 13.5. The van der Waals surface area contributed by atoms with Crippen molar-refractivity contribution in [1.29, 1.82) is 0 Å². The van der Waals surface area contributed by atoms with E-state index in [-0.39, 0.29) is 23.7 Å². The number of aromatic nitrogens is 2. The number of nitrogens with zero attached hydrogens (tertiary/aromatic N) is 2. The molecule has 0 unspecified atom stereocenters. The topological polar surface area (TPSA) is 26.4 Å². The number of halogens is 2. The van der Waals surface area contributed by atoms with Crippen LogP contribution in [0.25, 0.3) is 27.0 Å². The smallest absolute Gasteiger partial charge is 0.261 e. The molecule has 0 aliphatic rings. The van der Waals surface area contributed by atoms with Crippen molar-refractivity contribution in [2.24, 2.45) is 0 Å². The molecule has 0 radical (unpaired) electrons. The van der Waals surface area contributed by atoms with Crippen molar-refractivity contribution >= 4 is 40.1 Å². The highest BCUT2D eigenvalue weighted by molar-refractivity contribution is 7.73. The third-order valence-corrected chi connectivity index (χ3v) is 6.44. The highest BCUT2D eigenvalue weighted by Crippen LogP contribution is 2.33. The van der Waals surface area contributed by atoms with E-state index >= 15 is 0 Å². The Morgan fingerprint density at radius 1 is 0.867 bits per heavy atom. The summed E-state index contributed by atoms with van der Waals surface area (Å²) in [6.07, 6.45) is 0. The highest BCUT2D eigenvalue weighted by atomic mass is 32.1. The number of rotatable bonds is 3. The molecule has 3 nitrogen and oxygen atoms in total. The largest absolute Gasteiger partial charge is 0.288 e. The van der Waals surface area contributed by atoms with Gasteiger partial charge in [-0.25, -0.2) is 8.78 Å². The Morgan fingerprint density at radius 3 is 2.20 bits per heavy atom. The van der Waals surface area contributed by atoms with Gasteiger partial charge in [-0.05, 0) is 59.7 Å². The second kappa shape index (κ2) is 7.27. The molecule has 0 saturated heterocycles. The second-order valence-corrected chi connectivity index (χ2v) is 8.54. The van der Waals surface area contributed by atoms with Crippen LogP contribution in [0.15, 0.2) is 77.6 Å². The van der Waals surface area contributed by atoms with E-state index in [1.54, 1.807) is 34.9 Å². The lowest BCUT2D eigenvalue weighted by atomic mass is 10.1. The van der Waals surface area contributed by atoms with E-state index in [4.69, 9.17) is 12.2 Å². The van der Waals surface area contributed by atoms with Crippen molar-refractivity contribution in [3.63, 3.8) is 0 Å². The standard InChI is InChI=1S/C23H14F2N2OS2/c24-16-9-5-14(6-10-16)13-26-21-20(15-7-11-17(25)12-8-15)30-23(29)27(21)19-4-2-1-3-18(19)22(26)28/h1-12H,13H2. The predicted octanol–water partition coefficient (Wildman–Crippen LogP) is 6.04. The summed E-state index contributed by atoms with van der Waals surface area (Å²) in [5, 5.41) is 0.548. The zero-order valence-electron chi connectivity index (χ0n) is 15.5. The van der Waals surface area contributed by atoms with E-state index in [0.717, 1.165) is 21.5 Å². The summed E-state index contributed by atoms with van der Waals surface area (Å²) in [7, 11) is 0. The molecule has 0 amide bonds. The van der Waals surface area contributed by atoms with E-state index in [0.29, 0.717) is 15.0 Å². The Hall–Kier alpha value is -3.16. The molecule has 2 heterocycles. The van der Waals surface area contributed by atoms with Crippen LogP contribution in [0.5, 0.6) is 0 Å². The van der Waals surface area contributed by atoms with Gasteiger partial charge in [0.1, 0.15) is 17.3 Å². The first-order valence-electron chi connectivity index (χ1n) is 9.20. The SMILES string of the molecule is O=c1c2ccccc2n2c(=S)sc(-c3ccc(F)cc3)c2n1Cc1ccc(F)cc1. The molecule has 30 heavy (non-hydrogen) atoms. The zero-order chi connectivity index (χ0) is 20.8. The second-order valence-electron chi connectivity index (χ2n) is 6.90. The molecule has 0 N–H and O–H groups in total. The number of para-hydroxylation sites is 1. The Bertz CT molecular complexity index is 1510. The van der Waals surface area contributed by atoms with Gasteiger partial charge in [-0.1, -0.05) is 36.4 Å². The molecule has 0 spiro atoms. The summed E-state index contributed by atoms with van der Waals surface area (Å²) in [6.45, 7) is 0.257. The predicted molar refractivity (Wildman–Crippen MR) is 119 cm³/mol. The fourth-order valence-electron chi connectivity index (χ4n) is 3.62. The summed E-state index contributed by atoms with van der Waals surface area (Å²) in [4.78, 5) is 14.2. The van der Waals surface area contributed by atoms with Crippen LogP contribution in [0.4, 0.5) is 8.78 Å². The molecule has 7 heteroatoms. The van der Waals surface area contributed by atoms with Gasteiger partial charge in [-0.2, -0.15) is 0 Å². The average Bonchev–Trinajstić information content (AvgIpc) is 3.10. The zero-order valence-corrected chi connectivity index (χ0v) is 17.1. The number of benzene rings is 3. The van der Waals surface area contributed by atoms with Crippen LogP contribution < -0.4 is 5.56 Å². The molecular weight excluding hydrogens is 422 g/mol. The van der Waals surface area contributed by atoms with E-state index in [1.165, 1.54) is 35.6 Å². The van der Waals surface area contributed by atoms with Crippen LogP contribution in [0.2, 0.25) is 0 Å². The van der Waals surface area contributed by atoms with Crippen molar-refractivity contribution in [2.75, 3.05) is 0 Å². The molecule has 2 aromatic heterocycles. The number of hydrogen-bond acceptors (Lipinski definition) is 3. The van der Waals surface area contributed by atoms with Gasteiger partial charge in [-0.3, -0.25) is 13.8 Å². The summed E-state index contributed by atoms with van der Waals surface area (Å²) in [5.41, 5.74) is 2.77. The van der Waals surface area contributed by atoms with Crippen LogP contribution in [-0.2, 0) is 6.54 Å². The van der Waals surface area contributed by atoms with Gasteiger partial charge in [0.15, 0.2) is 3.95 Å². The third-order valence-electron chi connectivity index (χ3n) is 5.02. The molecule has 5 aromatic rings. The number of fused-ring (bicyclic) bond motifs is 3. The summed E-state index contributed by atoms with van der Waals surface area (Å²) >= 11 is 7.03. The highest BCUT2D eigenvalue weighted by Gasteiger charge is 2.18. The Morgan fingerprint density at radius 2 is 1.50 bits per heavy atom. The molecule has 0 saturated carbocycles. The van der Waals surface area contributed by atoms with Crippen molar-refractivity contribution in [1.82, 2.24) is 8.97 Å².